The minimum Gasteiger partial charge on any atom is -0.497 e. The molecule has 0 saturated carbocycles. The number of rotatable bonds is 8. The first-order valence-electron chi connectivity index (χ1n) is 9.09. The van der Waals surface area contributed by atoms with Crippen LogP contribution < -0.4 is 14.8 Å². The van der Waals surface area contributed by atoms with E-state index in [1.807, 2.05) is 17.0 Å². The zero-order valence-corrected chi connectivity index (χ0v) is 15.6. The summed E-state index contributed by atoms with van der Waals surface area (Å²) in [6.07, 6.45) is 7.80. The third-order valence-corrected chi connectivity index (χ3v) is 4.43. The summed E-state index contributed by atoms with van der Waals surface area (Å²) < 4.78 is 10.5. The number of carbonyl (C=O) groups excluding carboxylic acids is 2. The molecule has 0 atom stereocenters. The van der Waals surface area contributed by atoms with E-state index in [1.54, 1.807) is 26.4 Å². The molecular formula is C20H28N2O4. The van der Waals surface area contributed by atoms with Crippen LogP contribution in [-0.4, -0.2) is 50.6 Å². The molecule has 1 aliphatic heterocycles. The van der Waals surface area contributed by atoms with Crippen molar-refractivity contribution in [3.63, 3.8) is 0 Å². The van der Waals surface area contributed by atoms with E-state index < -0.39 is 0 Å². The van der Waals surface area contributed by atoms with Gasteiger partial charge in [-0.3, -0.25) is 9.59 Å². The van der Waals surface area contributed by atoms with Crippen LogP contribution in [0.1, 0.15) is 37.7 Å². The van der Waals surface area contributed by atoms with Gasteiger partial charge in [-0.2, -0.15) is 0 Å². The summed E-state index contributed by atoms with van der Waals surface area (Å²) in [4.78, 5) is 25.8. The van der Waals surface area contributed by atoms with Gasteiger partial charge in [0.25, 0.3) is 0 Å². The molecule has 26 heavy (non-hydrogen) atoms. The molecule has 1 heterocycles. The number of nitrogens with zero attached hydrogens (tertiary/aromatic N) is 1. The molecule has 0 aliphatic carbocycles. The Bertz CT molecular complexity index is 643. The summed E-state index contributed by atoms with van der Waals surface area (Å²) >= 11 is 0. The Morgan fingerprint density at radius 2 is 2.08 bits per heavy atom. The fourth-order valence-corrected chi connectivity index (χ4v) is 2.94. The molecule has 6 heteroatoms. The second kappa shape index (κ2) is 10.5. The molecule has 1 fully saturated rings. The predicted molar refractivity (Wildman–Crippen MR) is 101 cm³/mol. The molecule has 0 bridgehead atoms. The molecule has 142 valence electrons. The van der Waals surface area contributed by atoms with E-state index in [0.717, 1.165) is 37.8 Å². The summed E-state index contributed by atoms with van der Waals surface area (Å²) in [6, 6.07) is 5.43. The molecule has 1 aliphatic rings. The van der Waals surface area contributed by atoms with Crippen molar-refractivity contribution in [1.29, 1.82) is 0 Å². The molecule has 6 nitrogen and oxygen atoms in total. The Kier molecular flexibility index (Phi) is 7.99. The molecule has 1 saturated heterocycles. The van der Waals surface area contributed by atoms with Crippen LogP contribution in [0.2, 0.25) is 0 Å². The number of carbonyl (C=O) groups is 2. The largest absolute Gasteiger partial charge is 0.497 e. The maximum Gasteiger partial charge on any atom is 0.244 e. The number of hydrogen-bond donors (Lipinski definition) is 1. The van der Waals surface area contributed by atoms with Crippen LogP contribution in [0.3, 0.4) is 0 Å². The monoisotopic (exact) mass is 360 g/mol. The van der Waals surface area contributed by atoms with Gasteiger partial charge in [-0.15, -0.1) is 0 Å². The minimum absolute atomic E-state index is 0.162. The lowest BCUT2D eigenvalue weighted by molar-refractivity contribution is -0.130. The van der Waals surface area contributed by atoms with Crippen molar-refractivity contribution in [2.75, 3.05) is 33.9 Å². The molecule has 0 aromatic heterocycles. The van der Waals surface area contributed by atoms with Crippen LogP contribution in [0, 0.1) is 0 Å². The van der Waals surface area contributed by atoms with E-state index in [9.17, 15) is 9.59 Å². The summed E-state index contributed by atoms with van der Waals surface area (Å²) in [5.74, 6) is 1.42. The normalized spacial score (nSPS) is 15.0. The maximum atomic E-state index is 12.0. The van der Waals surface area contributed by atoms with Crippen molar-refractivity contribution in [3.05, 3.63) is 29.8 Å². The van der Waals surface area contributed by atoms with E-state index in [0.29, 0.717) is 31.0 Å². The van der Waals surface area contributed by atoms with E-state index in [4.69, 9.17) is 9.47 Å². The Morgan fingerprint density at radius 3 is 2.85 bits per heavy atom. The van der Waals surface area contributed by atoms with Crippen molar-refractivity contribution in [2.45, 2.75) is 32.1 Å². The van der Waals surface area contributed by atoms with Crippen LogP contribution in [0.15, 0.2) is 24.3 Å². The van der Waals surface area contributed by atoms with Crippen molar-refractivity contribution < 1.29 is 19.1 Å². The lowest BCUT2D eigenvalue weighted by Crippen LogP contribution is -2.33. The van der Waals surface area contributed by atoms with Crippen LogP contribution in [0.25, 0.3) is 6.08 Å². The molecule has 1 aromatic carbocycles. The smallest absolute Gasteiger partial charge is 0.244 e. The topological polar surface area (TPSA) is 67.9 Å². The summed E-state index contributed by atoms with van der Waals surface area (Å²) in [7, 11) is 3.17. The Balaban J connectivity index is 1.76. The standard InChI is InChI=1S/C20H28N2O4/c1-25-17-10-8-16(18(15-17)26-2)9-11-19(23)21-12-6-14-22-13-5-3-4-7-20(22)24/h8-11,15H,3-7,12-14H2,1-2H3,(H,21,23)/b11-9+. The van der Waals surface area contributed by atoms with Gasteiger partial charge in [-0.1, -0.05) is 6.42 Å². The van der Waals surface area contributed by atoms with Gasteiger partial charge in [-0.25, -0.2) is 0 Å². The maximum absolute atomic E-state index is 12.0. The Morgan fingerprint density at radius 1 is 1.23 bits per heavy atom. The van der Waals surface area contributed by atoms with Gasteiger partial charge in [-0.05, 0) is 37.5 Å². The zero-order valence-electron chi connectivity index (χ0n) is 15.6. The molecule has 1 aromatic rings. The van der Waals surface area contributed by atoms with Gasteiger partial charge in [0, 0.05) is 43.8 Å². The van der Waals surface area contributed by atoms with Crippen molar-refractivity contribution in [2.24, 2.45) is 0 Å². The number of nitrogens with one attached hydrogen (secondary N) is 1. The fraction of sp³-hybridized carbons (Fsp3) is 0.500. The number of likely N-dealkylation sites (tertiary alicyclic amines) is 1. The SMILES string of the molecule is COc1ccc(/C=C/C(=O)NCCCN2CCCCCC2=O)c(OC)c1. The third kappa shape index (κ3) is 6.10. The predicted octanol–water partition coefficient (Wildman–Crippen LogP) is 2.63. The number of methoxy groups -OCH3 is 2. The van der Waals surface area contributed by atoms with E-state index in [1.165, 1.54) is 6.08 Å². The quantitative estimate of drug-likeness (QED) is 0.572. The average molecular weight is 360 g/mol. The lowest BCUT2D eigenvalue weighted by atomic mass is 10.1. The van der Waals surface area contributed by atoms with Gasteiger partial charge in [0.15, 0.2) is 0 Å². The first-order chi connectivity index (χ1) is 12.6. The highest BCUT2D eigenvalue weighted by Gasteiger charge is 2.15. The van der Waals surface area contributed by atoms with Crippen LogP contribution in [0.5, 0.6) is 11.5 Å². The molecule has 2 amide bonds. The van der Waals surface area contributed by atoms with Crippen molar-refractivity contribution in [3.8, 4) is 11.5 Å². The van der Waals surface area contributed by atoms with Crippen molar-refractivity contribution in [1.82, 2.24) is 10.2 Å². The minimum atomic E-state index is -0.162. The molecular weight excluding hydrogens is 332 g/mol. The number of amides is 2. The summed E-state index contributed by atoms with van der Waals surface area (Å²) in [5, 5.41) is 2.85. The molecule has 2 rings (SSSR count). The summed E-state index contributed by atoms with van der Waals surface area (Å²) in [6.45, 7) is 2.09. The number of hydrogen-bond acceptors (Lipinski definition) is 4. The highest BCUT2D eigenvalue weighted by molar-refractivity contribution is 5.92. The first-order valence-corrected chi connectivity index (χ1v) is 9.09. The van der Waals surface area contributed by atoms with Gasteiger partial charge in [0.1, 0.15) is 11.5 Å². The van der Waals surface area contributed by atoms with Crippen molar-refractivity contribution >= 4 is 17.9 Å². The zero-order chi connectivity index (χ0) is 18.8. The number of ether oxygens (including phenoxy) is 2. The van der Waals surface area contributed by atoms with Gasteiger partial charge in [0.05, 0.1) is 14.2 Å². The van der Waals surface area contributed by atoms with E-state index in [-0.39, 0.29) is 11.8 Å². The van der Waals surface area contributed by atoms with Gasteiger partial charge < -0.3 is 19.7 Å². The van der Waals surface area contributed by atoms with Crippen LogP contribution in [0.4, 0.5) is 0 Å². The first kappa shape index (κ1) is 19.8. The molecule has 0 radical (unpaired) electrons. The molecule has 1 N–H and O–H groups in total. The van der Waals surface area contributed by atoms with Crippen LogP contribution >= 0.6 is 0 Å². The third-order valence-electron chi connectivity index (χ3n) is 4.43. The molecule has 0 unspecified atom stereocenters. The summed E-state index contributed by atoms with van der Waals surface area (Å²) in [5.41, 5.74) is 0.804. The highest BCUT2D eigenvalue weighted by atomic mass is 16.5. The Hall–Kier alpha value is -2.50. The van der Waals surface area contributed by atoms with Gasteiger partial charge in [0.2, 0.25) is 11.8 Å². The average Bonchev–Trinajstić information content (AvgIpc) is 2.87. The second-order valence-corrected chi connectivity index (χ2v) is 6.28. The second-order valence-electron chi connectivity index (χ2n) is 6.28. The van der Waals surface area contributed by atoms with E-state index >= 15 is 0 Å². The highest BCUT2D eigenvalue weighted by Crippen LogP contribution is 2.25. The number of benzene rings is 1. The lowest BCUT2D eigenvalue weighted by Gasteiger charge is -2.20. The Labute approximate surface area is 155 Å². The van der Waals surface area contributed by atoms with E-state index in [2.05, 4.69) is 5.32 Å². The van der Waals surface area contributed by atoms with Gasteiger partial charge >= 0.3 is 0 Å². The van der Waals surface area contributed by atoms with Crippen LogP contribution in [-0.2, 0) is 9.59 Å². The fourth-order valence-electron chi connectivity index (χ4n) is 2.94. The molecule has 0 spiro atoms.